The molecule has 0 radical (unpaired) electrons. The number of carbonyl (C=O) groups excluding carboxylic acids is 2. The summed E-state index contributed by atoms with van der Waals surface area (Å²) in [5.74, 6) is -1.37. The minimum Gasteiger partial charge on any atom is -0.550 e. The average molecular weight is 248 g/mol. The van der Waals surface area contributed by atoms with Crippen LogP contribution in [0.5, 0.6) is 0 Å². The van der Waals surface area contributed by atoms with Gasteiger partial charge in [0.05, 0.1) is 6.04 Å². The Labute approximate surface area is 107 Å². The molecule has 1 aromatic carbocycles. The Morgan fingerprint density at radius 2 is 1.78 bits per heavy atom. The number of hydrogen-bond donors (Lipinski definition) is 1. The van der Waals surface area contributed by atoms with Crippen molar-refractivity contribution in [2.45, 2.75) is 33.2 Å². The molecule has 0 fully saturated rings. The van der Waals surface area contributed by atoms with Gasteiger partial charge in [0, 0.05) is 17.8 Å². The molecule has 0 aromatic heterocycles. The molecule has 4 nitrogen and oxygen atoms in total. The van der Waals surface area contributed by atoms with Crippen LogP contribution in [0, 0.1) is 5.41 Å². The molecule has 98 valence electrons. The smallest absolute Gasteiger partial charge is 0.225 e. The Balaban J connectivity index is 2.87. The molecule has 0 saturated carbocycles. The molecule has 0 spiro atoms. The lowest BCUT2D eigenvalue weighted by atomic mass is 9.94. The van der Waals surface area contributed by atoms with Gasteiger partial charge in [-0.15, -0.1) is 0 Å². The highest BCUT2D eigenvalue weighted by molar-refractivity contribution is 5.82. The molecule has 1 amide bonds. The molecule has 4 heteroatoms. The van der Waals surface area contributed by atoms with Crippen LogP contribution in [0.2, 0.25) is 0 Å². The fourth-order valence-electron chi connectivity index (χ4n) is 1.48. The summed E-state index contributed by atoms with van der Waals surface area (Å²) < 4.78 is 0. The topological polar surface area (TPSA) is 69.2 Å². The number of aliphatic carboxylic acids is 1. The lowest BCUT2D eigenvalue weighted by Crippen LogP contribution is -2.39. The number of carboxylic acids is 1. The third kappa shape index (κ3) is 4.20. The maximum atomic E-state index is 11.9. The second-order valence-corrected chi connectivity index (χ2v) is 5.26. The summed E-state index contributed by atoms with van der Waals surface area (Å²) in [7, 11) is 0. The van der Waals surface area contributed by atoms with Crippen molar-refractivity contribution in [1.29, 1.82) is 0 Å². The summed E-state index contributed by atoms with van der Waals surface area (Å²) >= 11 is 0. The van der Waals surface area contributed by atoms with Gasteiger partial charge in [0.2, 0.25) is 5.91 Å². The minimum absolute atomic E-state index is 0.183. The van der Waals surface area contributed by atoms with Crippen molar-refractivity contribution in [1.82, 2.24) is 5.32 Å². The number of hydrogen-bond acceptors (Lipinski definition) is 3. The third-order valence-electron chi connectivity index (χ3n) is 2.56. The molecule has 0 aliphatic rings. The summed E-state index contributed by atoms with van der Waals surface area (Å²) in [5, 5.41) is 13.5. The first-order valence-corrected chi connectivity index (χ1v) is 5.86. The molecular weight excluding hydrogens is 230 g/mol. The van der Waals surface area contributed by atoms with Crippen LogP contribution in [-0.2, 0) is 9.59 Å². The van der Waals surface area contributed by atoms with Gasteiger partial charge in [-0.3, -0.25) is 4.79 Å². The van der Waals surface area contributed by atoms with Crippen LogP contribution in [0.25, 0.3) is 0 Å². The van der Waals surface area contributed by atoms with E-state index in [4.69, 9.17) is 0 Å². The molecule has 1 atom stereocenters. The second-order valence-electron chi connectivity index (χ2n) is 5.26. The lowest BCUT2D eigenvalue weighted by molar-refractivity contribution is -0.306. The Hall–Kier alpha value is -1.84. The SMILES string of the molecule is CC(C)(C)C(=O)N[C@@H](CC(=O)[O-])c1ccccc1. The lowest BCUT2D eigenvalue weighted by Gasteiger charge is -2.25. The van der Waals surface area contributed by atoms with Crippen LogP contribution in [0.3, 0.4) is 0 Å². The van der Waals surface area contributed by atoms with Crippen molar-refractivity contribution in [3.8, 4) is 0 Å². The molecule has 18 heavy (non-hydrogen) atoms. The molecule has 1 N–H and O–H groups in total. The summed E-state index contributed by atoms with van der Waals surface area (Å²) in [6.07, 6.45) is -0.230. The zero-order valence-corrected chi connectivity index (χ0v) is 10.9. The largest absolute Gasteiger partial charge is 0.550 e. The van der Waals surface area contributed by atoms with E-state index < -0.39 is 17.4 Å². The van der Waals surface area contributed by atoms with Gasteiger partial charge in [0.15, 0.2) is 0 Å². The van der Waals surface area contributed by atoms with Gasteiger partial charge in [-0.2, -0.15) is 0 Å². The van der Waals surface area contributed by atoms with Crippen LogP contribution in [0.4, 0.5) is 0 Å². The molecule has 1 rings (SSSR count). The molecule has 0 bridgehead atoms. The van der Waals surface area contributed by atoms with Gasteiger partial charge >= 0.3 is 0 Å². The highest BCUT2D eigenvalue weighted by atomic mass is 16.4. The van der Waals surface area contributed by atoms with Gasteiger partial charge in [-0.25, -0.2) is 0 Å². The van der Waals surface area contributed by atoms with Gasteiger partial charge < -0.3 is 15.2 Å². The highest BCUT2D eigenvalue weighted by Gasteiger charge is 2.24. The van der Waals surface area contributed by atoms with Crippen molar-refractivity contribution >= 4 is 11.9 Å². The maximum Gasteiger partial charge on any atom is 0.225 e. The first kappa shape index (κ1) is 14.2. The van der Waals surface area contributed by atoms with Crippen LogP contribution in [0.1, 0.15) is 38.8 Å². The van der Waals surface area contributed by atoms with Crippen molar-refractivity contribution in [2.75, 3.05) is 0 Å². The van der Waals surface area contributed by atoms with Crippen LogP contribution >= 0.6 is 0 Å². The monoisotopic (exact) mass is 248 g/mol. The Morgan fingerprint density at radius 3 is 2.22 bits per heavy atom. The van der Waals surface area contributed by atoms with E-state index >= 15 is 0 Å². The molecular formula is C14H18NO3-. The zero-order chi connectivity index (χ0) is 13.8. The van der Waals surface area contributed by atoms with Gasteiger partial charge in [-0.05, 0) is 5.56 Å². The van der Waals surface area contributed by atoms with Crippen LogP contribution < -0.4 is 10.4 Å². The van der Waals surface area contributed by atoms with E-state index in [1.54, 1.807) is 45.0 Å². The van der Waals surface area contributed by atoms with E-state index in [0.29, 0.717) is 0 Å². The molecule has 0 saturated heterocycles. The van der Waals surface area contributed by atoms with Crippen molar-refractivity contribution < 1.29 is 14.7 Å². The normalized spacial score (nSPS) is 12.8. The Kier molecular flexibility index (Phi) is 4.48. The molecule has 0 heterocycles. The van der Waals surface area contributed by atoms with E-state index in [1.165, 1.54) is 0 Å². The first-order valence-electron chi connectivity index (χ1n) is 5.86. The van der Waals surface area contributed by atoms with Gasteiger partial charge in [0.1, 0.15) is 0 Å². The summed E-state index contributed by atoms with van der Waals surface area (Å²) in [4.78, 5) is 22.7. The van der Waals surface area contributed by atoms with E-state index in [2.05, 4.69) is 5.32 Å². The fraction of sp³-hybridized carbons (Fsp3) is 0.429. The quantitative estimate of drug-likeness (QED) is 0.865. The number of nitrogens with one attached hydrogen (secondary N) is 1. The summed E-state index contributed by atoms with van der Waals surface area (Å²) in [6, 6.07) is 8.47. The molecule has 0 unspecified atom stereocenters. The fourth-order valence-corrected chi connectivity index (χ4v) is 1.48. The Morgan fingerprint density at radius 1 is 1.22 bits per heavy atom. The van der Waals surface area contributed by atoms with Gasteiger partial charge in [-0.1, -0.05) is 51.1 Å². The predicted octanol–water partition coefficient (Wildman–Crippen LogP) is 1.03. The van der Waals surface area contributed by atoms with Crippen molar-refractivity contribution in [3.05, 3.63) is 35.9 Å². The minimum atomic E-state index is -1.18. The standard InChI is InChI=1S/C14H19NO3/c1-14(2,3)13(18)15-11(9-12(16)17)10-7-5-4-6-8-10/h4-8,11H,9H2,1-3H3,(H,15,18)(H,16,17)/p-1/t11-/m0/s1. The van der Waals surface area contributed by atoms with E-state index in [9.17, 15) is 14.7 Å². The van der Waals surface area contributed by atoms with E-state index in [0.717, 1.165) is 5.56 Å². The average Bonchev–Trinajstić information content (AvgIpc) is 2.27. The van der Waals surface area contributed by atoms with Crippen LogP contribution in [-0.4, -0.2) is 11.9 Å². The highest BCUT2D eigenvalue weighted by Crippen LogP contribution is 2.20. The first-order chi connectivity index (χ1) is 8.30. The summed E-state index contributed by atoms with van der Waals surface area (Å²) in [5.41, 5.74) is 0.207. The molecule has 1 aromatic rings. The maximum absolute atomic E-state index is 11.9. The van der Waals surface area contributed by atoms with Crippen molar-refractivity contribution in [3.63, 3.8) is 0 Å². The second kappa shape index (κ2) is 5.67. The summed E-state index contributed by atoms with van der Waals surface area (Å²) in [6.45, 7) is 5.34. The Bertz CT molecular complexity index is 420. The number of carbonyl (C=O) groups is 2. The predicted molar refractivity (Wildman–Crippen MR) is 66.4 cm³/mol. The van der Waals surface area contributed by atoms with Gasteiger partial charge in [0.25, 0.3) is 0 Å². The number of benzene rings is 1. The van der Waals surface area contributed by atoms with Crippen LogP contribution in [0.15, 0.2) is 30.3 Å². The molecule has 0 aliphatic heterocycles. The van der Waals surface area contributed by atoms with E-state index in [-0.39, 0.29) is 12.3 Å². The zero-order valence-electron chi connectivity index (χ0n) is 10.9. The van der Waals surface area contributed by atoms with Crippen molar-refractivity contribution in [2.24, 2.45) is 5.41 Å². The number of rotatable bonds is 4. The number of amides is 1. The third-order valence-corrected chi connectivity index (χ3v) is 2.56. The molecule has 0 aliphatic carbocycles. The van der Waals surface area contributed by atoms with E-state index in [1.807, 2.05) is 6.07 Å². The number of carboxylic acid groups (broad SMARTS) is 1.